The summed E-state index contributed by atoms with van der Waals surface area (Å²) in [4.78, 5) is 32.2. The Hall–Kier alpha value is -4.47. The molecule has 0 bridgehead atoms. The van der Waals surface area contributed by atoms with Crippen LogP contribution < -0.4 is 10.2 Å². The van der Waals surface area contributed by atoms with Gasteiger partial charge < -0.3 is 24.4 Å². The molecule has 0 radical (unpaired) electrons. The van der Waals surface area contributed by atoms with Crippen molar-refractivity contribution in [1.82, 2.24) is 15.0 Å². The number of likely N-dealkylation sites (N-methyl/N-ethyl adjacent to an activating group) is 1. The Bertz CT molecular complexity index is 1530. The van der Waals surface area contributed by atoms with E-state index < -0.39 is 6.10 Å². The summed E-state index contributed by atoms with van der Waals surface area (Å²) in [6.45, 7) is 7.40. The number of carbonyl (C=O) groups is 2. The summed E-state index contributed by atoms with van der Waals surface area (Å²) in [5.74, 6) is 0.594. The molecule has 4 aromatic rings. The highest BCUT2D eigenvalue weighted by Crippen LogP contribution is 2.31. The number of nitrogens with one attached hydrogen (secondary N) is 1. The Kier molecular flexibility index (Phi) is 9.54. The van der Waals surface area contributed by atoms with Crippen LogP contribution in [0.4, 0.5) is 16.2 Å². The fourth-order valence-electron chi connectivity index (χ4n) is 5.21. The van der Waals surface area contributed by atoms with Crippen LogP contribution >= 0.6 is 0 Å². The highest BCUT2D eigenvalue weighted by atomic mass is 16.5. The molecule has 1 aliphatic heterocycles. The standard InChI is InChI=1S/C34H39N5O4/c1-5-42-30(33(40)39-20-18-37(3)19-21-39)22-25-14-16-26(17-15-25)28-12-9-13-29(23-28)38(4)34(41)35-31-24(2)43-36-32(31)27-10-7-6-8-11-27/h6-17,23,30H,5,18-22H2,1-4H3,(H,35,41). The van der Waals surface area contributed by atoms with Crippen LogP contribution in [0.3, 0.4) is 0 Å². The molecule has 0 spiro atoms. The Morgan fingerprint density at radius 2 is 1.65 bits per heavy atom. The van der Waals surface area contributed by atoms with Crippen LogP contribution in [0.15, 0.2) is 83.4 Å². The lowest BCUT2D eigenvalue weighted by Gasteiger charge is -2.34. The van der Waals surface area contributed by atoms with Crippen LogP contribution in [0.5, 0.6) is 0 Å². The number of hydrogen-bond donors (Lipinski definition) is 1. The molecule has 1 N–H and O–H groups in total. The first-order valence-electron chi connectivity index (χ1n) is 14.7. The van der Waals surface area contributed by atoms with E-state index in [4.69, 9.17) is 9.26 Å². The van der Waals surface area contributed by atoms with E-state index in [9.17, 15) is 9.59 Å². The number of aromatic nitrogens is 1. The van der Waals surface area contributed by atoms with Crippen LogP contribution in [0.25, 0.3) is 22.4 Å². The van der Waals surface area contributed by atoms with E-state index in [-0.39, 0.29) is 11.9 Å². The third-order valence-corrected chi connectivity index (χ3v) is 7.85. The van der Waals surface area contributed by atoms with E-state index in [1.54, 1.807) is 18.9 Å². The van der Waals surface area contributed by atoms with Crippen LogP contribution in [-0.4, -0.2) is 79.9 Å². The van der Waals surface area contributed by atoms with Gasteiger partial charge in [0, 0.05) is 57.5 Å². The summed E-state index contributed by atoms with van der Waals surface area (Å²) < 4.78 is 11.3. The van der Waals surface area contributed by atoms with Crippen molar-refractivity contribution < 1.29 is 18.8 Å². The molecule has 1 saturated heterocycles. The van der Waals surface area contributed by atoms with Crippen LogP contribution in [-0.2, 0) is 16.0 Å². The van der Waals surface area contributed by atoms with Crippen molar-refractivity contribution in [3.05, 3.63) is 90.2 Å². The number of nitrogens with zero attached hydrogens (tertiary/aromatic N) is 4. The van der Waals surface area contributed by atoms with E-state index in [1.807, 2.05) is 90.7 Å². The number of piperazine rings is 1. The predicted molar refractivity (Wildman–Crippen MR) is 169 cm³/mol. The Balaban J connectivity index is 1.26. The second-order valence-corrected chi connectivity index (χ2v) is 10.8. The van der Waals surface area contributed by atoms with E-state index in [2.05, 4.69) is 22.4 Å². The van der Waals surface area contributed by atoms with Gasteiger partial charge >= 0.3 is 6.03 Å². The second-order valence-electron chi connectivity index (χ2n) is 10.8. The molecular formula is C34H39N5O4. The molecule has 5 rings (SSSR count). The molecule has 3 aromatic carbocycles. The minimum atomic E-state index is -0.494. The maximum atomic E-state index is 13.3. The van der Waals surface area contributed by atoms with E-state index >= 15 is 0 Å². The van der Waals surface area contributed by atoms with Crippen LogP contribution in [0.1, 0.15) is 18.2 Å². The molecule has 1 aliphatic rings. The zero-order valence-corrected chi connectivity index (χ0v) is 25.2. The van der Waals surface area contributed by atoms with Gasteiger partial charge in [0.05, 0.1) is 0 Å². The van der Waals surface area contributed by atoms with Gasteiger partial charge in [0.25, 0.3) is 5.91 Å². The van der Waals surface area contributed by atoms with Gasteiger partial charge in [-0.25, -0.2) is 4.79 Å². The number of ether oxygens (including phenoxy) is 1. The first-order chi connectivity index (χ1) is 20.8. The minimum Gasteiger partial charge on any atom is -0.368 e. The number of hydrogen-bond acceptors (Lipinski definition) is 6. The average Bonchev–Trinajstić information content (AvgIpc) is 3.40. The van der Waals surface area contributed by atoms with E-state index in [1.165, 1.54) is 0 Å². The van der Waals surface area contributed by atoms with Crippen molar-refractivity contribution in [2.24, 2.45) is 0 Å². The Morgan fingerprint density at radius 3 is 2.35 bits per heavy atom. The molecule has 2 heterocycles. The minimum absolute atomic E-state index is 0.0605. The quantitative estimate of drug-likeness (QED) is 0.272. The third kappa shape index (κ3) is 7.13. The van der Waals surface area contributed by atoms with Gasteiger partial charge in [-0.2, -0.15) is 0 Å². The summed E-state index contributed by atoms with van der Waals surface area (Å²) >= 11 is 0. The molecule has 1 fully saturated rings. The van der Waals surface area contributed by atoms with E-state index in [0.29, 0.717) is 30.2 Å². The lowest BCUT2D eigenvalue weighted by Crippen LogP contribution is -2.51. The first-order valence-corrected chi connectivity index (χ1v) is 14.7. The Labute approximate surface area is 253 Å². The van der Waals surface area contributed by atoms with Gasteiger partial charge in [0.1, 0.15) is 17.5 Å². The molecule has 3 amide bonds. The van der Waals surface area contributed by atoms with Gasteiger partial charge in [-0.05, 0) is 49.7 Å². The molecule has 224 valence electrons. The predicted octanol–water partition coefficient (Wildman–Crippen LogP) is 5.71. The van der Waals surface area contributed by atoms with Gasteiger partial charge in [0.2, 0.25) is 0 Å². The van der Waals surface area contributed by atoms with Gasteiger partial charge in [-0.15, -0.1) is 0 Å². The lowest BCUT2D eigenvalue weighted by molar-refractivity contribution is -0.145. The second kappa shape index (κ2) is 13.7. The summed E-state index contributed by atoms with van der Waals surface area (Å²) in [6, 6.07) is 25.3. The summed E-state index contributed by atoms with van der Waals surface area (Å²) in [6.07, 6.45) is 0.0291. The molecule has 43 heavy (non-hydrogen) atoms. The molecule has 9 nitrogen and oxygen atoms in total. The summed E-state index contributed by atoms with van der Waals surface area (Å²) in [7, 11) is 3.81. The monoisotopic (exact) mass is 581 g/mol. The first kappa shape index (κ1) is 30.0. The zero-order chi connectivity index (χ0) is 30.3. The average molecular weight is 582 g/mol. The van der Waals surface area contributed by atoms with Crippen LogP contribution in [0, 0.1) is 6.92 Å². The van der Waals surface area contributed by atoms with Crippen molar-refractivity contribution in [3.63, 3.8) is 0 Å². The normalized spacial score (nSPS) is 14.4. The van der Waals surface area contributed by atoms with Gasteiger partial charge in [0.15, 0.2) is 5.76 Å². The van der Waals surface area contributed by atoms with Crippen molar-refractivity contribution >= 4 is 23.3 Å². The summed E-state index contributed by atoms with van der Waals surface area (Å²) in [5, 5.41) is 7.13. The van der Waals surface area contributed by atoms with Crippen molar-refractivity contribution in [1.29, 1.82) is 0 Å². The van der Waals surface area contributed by atoms with Gasteiger partial charge in [-0.3, -0.25) is 9.69 Å². The molecule has 0 saturated carbocycles. The highest BCUT2D eigenvalue weighted by molar-refractivity contribution is 6.04. The van der Waals surface area contributed by atoms with Gasteiger partial charge in [-0.1, -0.05) is 71.9 Å². The fraction of sp³-hybridized carbons (Fsp3) is 0.324. The molecule has 1 unspecified atom stereocenters. The molecule has 0 aliphatic carbocycles. The maximum absolute atomic E-state index is 13.3. The molecule has 1 aromatic heterocycles. The number of urea groups is 1. The third-order valence-electron chi connectivity index (χ3n) is 7.85. The summed E-state index contributed by atoms with van der Waals surface area (Å²) in [5.41, 5.74) is 5.76. The van der Waals surface area contributed by atoms with E-state index in [0.717, 1.165) is 54.1 Å². The SMILES string of the molecule is CCOC(Cc1ccc(-c2cccc(N(C)C(=O)Nc3c(-c4ccccc4)noc3C)c2)cc1)C(=O)N1CCN(C)CC1. The van der Waals surface area contributed by atoms with Crippen molar-refractivity contribution in [2.45, 2.75) is 26.4 Å². The number of anilines is 2. The molecular weight excluding hydrogens is 542 g/mol. The molecule has 1 atom stereocenters. The molecule has 9 heteroatoms. The number of aryl methyl sites for hydroxylation is 1. The number of benzene rings is 3. The largest absolute Gasteiger partial charge is 0.368 e. The Morgan fingerprint density at radius 1 is 0.953 bits per heavy atom. The van der Waals surface area contributed by atoms with Crippen molar-refractivity contribution in [2.75, 3.05) is 57.1 Å². The fourth-order valence-corrected chi connectivity index (χ4v) is 5.21. The van der Waals surface area contributed by atoms with Crippen LogP contribution in [0.2, 0.25) is 0 Å². The number of carbonyl (C=O) groups excluding carboxylic acids is 2. The van der Waals surface area contributed by atoms with Crippen molar-refractivity contribution in [3.8, 4) is 22.4 Å². The number of amides is 3. The topological polar surface area (TPSA) is 91.1 Å². The number of rotatable bonds is 9. The zero-order valence-electron chi connectivity index (χ0n) is 25.2. The smallest absolute Gasteiger partial charge is 0.326 e. The highest BCUT2D eigenvalue weighted by Gasteiger charge is 2.27. The maximum Gasteiger partial charge on any atom is 0.326 e. The lowest BCUT2D eigenvalue weighted by atomic mass is 10.0.